The van der Waals surface area contributed by atoms with Gasteiger partial charge in [0.15, 0.2) is 12.2 Å². The molecule has 0 unspecified atom stereocenters. The van der Waals surface area contributed by atoms with Gasteiger partial charge in [0.2, 0.25) is 0 Å². The van der Waals surface area contributed by atoms with Crippen molar-refractivity contribution in [2.45, 2.75) is 0 Å². The predicted molar refractivity (Wildman–Crippen MR) is 43.1 cm³/mol. The van der Waals surface area contributed by atoms with Gasteiger partial charge < -0.3 is 10.2 Å². The molecule has 0 amide bonds. The van der Waals surface area contributed by atoms with E-state index < -0.39 is 0 Å². The topological polar surface area (TPSA) is 69.9 Å². The lowest BCUT2D eigenvalue weighted by Crippen LogP contribution is -1.96. The number of rotatable bonds is 1. The molecule has 0 spiro atoms. The van der Waals surface area contributed by atoms with Gasteiger partial charge in [0, 0.05) is 13.1 Å². The van der Waals surface area contributed by atoms with Gasteiger partial charge in [-0.15, -0.1) is 0 Å². The normalized spacial score (nSPS) is 10.4. The van der Waals surface area contributed by atoms with Gasteiger partial charge >= 0.3 is 0 Å². The number of nitrogens with zero attached hydrogens (tertiary/aromatic N) is 3. The van der Waals surface area contributed by atoms with Crippen molar-refractivity contribution in [2.24, 2.45) is 7.05 Å². The van der Waals surface area contributed by atoms with Crippen LogP contribution in [0.2, 0.25) is 0 Å². The third kappa shape index (κ3) is 0.952. The quantitative estimate of drug-likeness (QED) is 0.672. The van der Waals surface area contributed by atoms with Crippen molar-refractivity contribution in [1.82, 2.24) is 14.8 Å². The maximum atomic E-state index is 5.59. The minimum absolute atomic E-state index is 0.599. The Morgan fingerprint density at radius 1 is 1.58 bits per heavy atom. The molecular weight excluding hydrogens is 156 g/mol. The summed E-state index contributed by atoms with van der Waals surface area (Å²) in [5, 5.41) is 4.11. The maximum Gasteiger partial charge on any atom is 0.181 e. The molecule has 0 aliphatic carbocycles. The summed E-state index contributed by atoms with van der Waals surface area (Å²) in [7, 11) is 1.77. The highest BCUT2D eigenvalue weighted by atomic mass is 16.3. The largest absolute Gasteiger partial charge is 0.442 e. The third-order valence-corrected chi connectivity index (χ3v) is 1.60. The molecule has 0 atom stereocenters. The lowest BCUT2D eigenvalue weighted by Gasteiger charge is -1.88. The molecular formula is C7H8N4O. The van der Waals surface area contributed by atoms with Gasteiger partial charge in [0.25, 0.3) is 0 Å². The van der Waals surface area contributed by atoms with Crippen LogP contribution in [-0.4, -0.2) is 14.8 Å². The fourth-order valence-corrected chi connectivity index (χ4v) is 0.944. The Morgan fingerprint density at radius 3 is 2.92 bits per heavy atom. The number of aromatic nitrogens is 3. The van der Waals surface area contributed by atoms with Crippen LogP contribution < -0.4 is 5.73 Å². The first-order chi connectivity index (χ1) is 5.77. The Labute approximate surface area is 68.8 Å². The molecule has 0 aliphatic heterocycles. The zero-order valence-corrected chi connectivity index (χ0v) is 6.56. The first-order valence-corrected chi connectivity index (χ1v) is 3.46. The van der Waals surface area contributed by atoms with Gasteiger partial charge in [-0.2, -0.15) is 5.10 Å². The van der Waals surface area contributed by atoms with E-state index in [1.54, 1.807) is 24.0 Å². The van der Waals surface area contributed by atoms with Gasteiger partial charge in [-0.1, -0.05) is 0 Å². The molecule has 2 aromatic rings. The second-order valence-electron chi connectivity index (χ2n) is 2.44. The molecule has 0 fully saturated rings. The average molecular weight is 164 g/mol. The van der Waals surface area contributed by atoms with Crippen LogP contribution in [0, 0.1) is 0 Å². The molecule has 2 aromatic heterocycles. The molecule has 2 heterocycles. The zero-order valence-electron chi connectivity index (χ0n) is 6.56. The summed E-state index contributed by atoms with van der Waals surface area (Å²) in [4.78, 5) is 3.78. The molecule has 0 bridgehead atoms. The van der Waals surface area contributed by atoms with Crippen molar-refractivity contribution in [3.05, 3.63) is 18.7 Å². The van der Waals surface area contributed by atoms with E-state index in [1.807, 2.05) is 0 Å². The van der Waals surface area contributed by atoms with Gasteiger partial charge in [-0.05, 0) is 0 Å². The Morgan fingerprint density at radius 2 is 2.42 bits per heavy atom. The van der Waals surface area contributed by atoms with E-state index in [2.05, 4.69) is 10.1 Å². The predicted octanol–water partition coefficient (Wildman–Crippen LogP) is 0.657. The summed E-state index contributed by atoms with van der Waals surface area (Å²) < 4.78 is 6.63. The van der Waals surface area contributed by atoms with Crippen LogP contribution in [-0.2, 0) is 7.05 Å². The second kappa shape index (κ2) is 2.37. The summed E-state index contributed by atoms with van der Waals surface area (Å²) in [5.41, 5.74) is 6.29. The highest BCUT2D eigenvalue weighted by Gasteiger charge is 2.06. The van der Waals surface area contributed by atoms with Crippen molar-refractivity contribution in [3.8, 4) is 11.5 Å². The molecule has 0 saturated heterocycles. The van der Waals surface area contributed by atoms with Gasteiger partial charge in [0.05, 0.1) is 6.20 Å². The number of aryl methyl sites for hydroxylation is 1. The van der Waals surface area contributed by atoms with Crippen molar-refractivity contribution in [2.75, 3.05) is 5.73 Å². The molecule has 5 heteroatoms. The first kappa shape index (κ1) is 6.90. The zero-order chi connectivity index (χ0) is 8.55. The third-order valence-electron chi connectivity index (χ3n) is 1.60. The molecule has 0 saturated carbocycles. The molecule has 2 rings (SSSR count). The molecule has 0 aliphatic rings. The Kier molecular flexibility index (Phi) is 1.36. The van der Waals surface area contributed by atoms with Crippen LogP contribution in [0.3, 0.4) is 0 Å². The highest BCUT2D eigenvalue weighted by molar-refractivity contribution is 5.55. The molecule has 12 heavy (non-hydrogen) atoms. The Bertz CT molecular complexity index is 357. The van der Waals surface area contributed by atoms with Gasteiger partial charge in [0.1, 0.15) is 11.5 Å². The van der Waals surface area contributed by atoms with Crippen LogP contribution in [0.15, 0.2) is 23.1 Å². The number of nitrogen functional groups attached to an aromatic ring is 1. The number of anilines is 1. The van der Waals surface area contributed by atoms with Gasteiger partial charge in [-0.3, -0.25) is 4.68 Å². The number of hydrogen-bond acceptors (Lipinski definition) is 4. The molecule has 2 N–H and O–H groups in total. The standard InChI is InChI=1S/C7H8N4O/c1-11-7(8)2-5(10-11)6-3-9-4-12-6/h2-4H,8H2,1H3. The number of hydrogen-bond donors (Lipinski definition) is 1. The molecule has 62 valence electrons. The lowest BCUT2D eigenvalue weighted by atomic mass is 10.3. The monoisotopic (exact) mass is 164 g/mol. The number of oxazole rings is 1. The summed E-state index contributed by atoms with van der Waals surface area (Å²) in [6, 6.07) is 1.74. The van der Waals surface area contributed by atoms with Crippen molar-refractivity contribution >= 4 is 5.82 Å². The van der Waals surface area contributed by atoms with E-state index >= 15 is 0 Å². The van der Waals surface area contributed by atoms with E-state index in [0.29, 0.717) is 17.3 Å². The summed E-state index contributed by atoms with van der Waals surface area (Å²) in [5.74, 6) is 1.23. The first-order valence-electron chi connectivity index (χ1n) is 3.46. The smallest absolute Gasteiger partial charge is 0.181 e. The molecule has 0 aromatic carbocycles. The summed E-state index contributed by atoms with van der Waals surface area (Å²) in [6.07, 6.45) is 2.96. The Balaban J connectivity index is 2.48. The van der Waals surface area contributed by atoms with Crippen LogP contribution in [0.5, 0.6) is 0 Å². The van der Waals surface area contributed by atoms with E-state index in [1.165, 1.54) is 6.39 Å². The second-order valence-corrected chi connectivity index (χ2v) is 2.44. The summed E-state index contributed by atoms with van der Waals surface area (Å²) in [6.45, 7) is 0. The van der Waals surface area contributed by atoms with Crippen LogP contribution in [0.4, 0.5) is 5.82 Å². The maximum absolute atomic E-state index is 5.59. The van der Waals surface area contributed by atoms with E-state index in [0.717, 1.165) is 0 Å². The number of nitrogens with two attached hydrogens (primary N) is 1. The lowest BCUT2D eigenvalue weighted by molar-refractivity contribution is 0.568. The van der Waals surface area contributed by atoms with Crippen molar-refractivity contribution < 1.29 is 4.42 Å². The van der Waals surface area contributed by atoms with Crippen molar-refractivity contribution in [1.29, 1.82) is 0 Å². The minimum Gasteiger partial charge on any atom is -0.442 e. The fourth-order valence-electron chi connectivity index (χ4n) is 0.944. The van der Waals surface area contributed by atoms with Crippen LogP contribution in [0.25, 0.3) is 11.5 Å². The highest BCUT2D eigenvalue weighted by Crippen LogP contribution is 2.18. The molecule has 5 nitrogen and oxygen atoms in total. The average Bonchev–Trinajstić information content (AvgIpc) is 2.61. The summed E-state index contributed by atoms with van der Waals surface area (Å²) >= 11 is 0. The van der Waals surface area contributed by atoms with E-state index in [4.69, 9.17) is 10.2 Å². The van der Waals surface area contributed by atoms with E-state index in [9.17, 15) is 0 Å². The van der Waals surface area contributed by atoms with Crippen molar-refractivity contribution in [3.63, 3.8) is 0 Å². The van der Waals surface area contributed by atoms with Gasteiger partial charge in [-0.25, -0.2) is 4.98 Å². The Hall–Kier alpha value is -1.78. The fraction of sp³-hybridized carbons (Fsp3) is 0.143. The minimum atomic E-state index is 0.599. The SMILES string of the molecule is Cn1nc(-c2cnco2)cc1N. The molecule has 0 radical (unpaired) electrons. The van der Waals surface area contributed by atoms with Crippen LogP contribution in [0.1, 0.15) is 0 Å². The van der Waals surface area contributed by atoms with Crippen LogP contribution >= 0.6 is 0 Å². The van der Waals surface area contributed by atoms with E-state index in [-0.39, 0.29) is 0 Å².